The maximum atomic E-state index is 12.9. The Kier molecular flexibility index (Phi) is 4.08. The molecular formula is C17H24N2O2. The van der Waals surface area contributed by atoms with Crippen LogP contribution in [0.2, 0.25) is 0 Å². The van der Waals surface area contributed by atoms with E-state index < -0.39 is 12.1 Å². The minimum atomic E-state index is -0.584. The van der Waals surface area contributed by atoms with Gasteiger partial charge in [-0.1, -0.05) is 51.1 Å². The molecule has 1 saturated heterocycles. The van der Waals surface area contributed by atoms with E-state index >= 15 is 0 Å². The van der Waals surface area contributed by atoms with Crippen molar-refractivity contribution in [3.05, 3.63) is 35.9 Å². The van der Waals surface area contributed by atoms with Crippen molar-refractivity contribution in [2.24, 2.45) is 5.41 Å². The van der Waals surface area contributed by atoms with Crippen LogP contribution in [0.1, 0.15) is 46.2 Å². The molecule has 3 unspecified atom stereocenters. The fraction of sp³-hybridized carbons (Fsp3) is 0.529. The van der Waals surface area contributed by atoms with E-state index in [9.17, 15) is 9.59 Å². The van der Waals surface area contributed by atoms with Crippen LogP contribution in [0, 0.1) is 5.41 Å². The van der Waals surface area contributed by atoms with Crippen LogP contribution >= 0.6 is 0 Å². The first kappa shape index (κ1) is 15.5. The third kappa shape index (κ3) is 2.94. The zero-order chi connectivity index (χ0) is 15.8. The van der Waals surface area contributed by atoms with Crippen LogP contribution in [0.3, 0.4) is 0 Å². The largest absolute Gasteiger partial charge is 0.339 e. The molecule has 0 aromatic heterocycles. The van der Waals surface area contributed by atoms with E-state index in [0.29, 0.717) is 0 Å². The Hall–Kier alpha value is -1.84. The topological polar surface area (TPSA) is 49.4 Å². The summed E-state index contributed by atoms with van der Waals surface area (Å²) in [4.78, 5) is 26.9. The molecule has 0 saturated carbocycles. The lowest BCUT2D eigenvalue weighted by Crippen LogP contribution is -2.63. The number of nitrogens with zero attached hydrogens (tertiary/aromatic N) is 1. The van der Waals surface area contributed by atoms with Gasteiger partial charge in [0.15, 0.2) is 0 Å². The number of benzene rings is 1. The van der Waals surface area contributed by atoms with E-state index in [4.69, 9.17) is 0 Å². The van der Waals surface area contributed by atoms with Crippen molar-refractivity contribution in [1.29, 1.82) is 0 Å². The summed E-state index contributed by atoms with van der Waals surface area (Å²) in [6, 6.07) is 8.37. The summed E-state index contributed by atoms with van der Waals surface area (Å²) in [5.74, 6) is -0.129. The molecule has 1 heterocycles. The summed E-state index contributed by atoms with van der Waals surface area (Å²) in [7, 11) is 0. The van der Waals surface area contributed by atoms with Crippen molar-refractivity contribution in [2.75, 3.05) is 0 Å². The number of piperazine rings is 1. The van der Waals surface area contributed by atoms with Gasteiger partial charge in [-0.15, -0.1) is 0 Å². The molecule has 4 nitrogen and oxygen atoms in total. The van der Waals surface area contributed by atoms with Crippen LogP contribution in [0.4, 0.5) is 0 Å². The summed E-state index contributed by atoms with van der Waals surface area (Å²) in [5.41, 5.74) is 0.747. The molecule has 1 N–H and O–H groups in total. The van der Waals surface area contributed by atoms with Gasteiger partial charge >= 0.3 is 0 Å². The molecule has 1 aliphatic heterocycles. The van der Waals surface area contributed by atoms with Gasteiger partial charge in [-0.3, -0.25) is 9.59 Å². The van der Waals surface area contributed by atoms with Crippen molar-refractivity contribution in [1.82, 2.24) is 10.2 Å². The Labute approximate surface area is 126 Å². The van der Waals surface area contributed by atoms with Crippen LogP contribution in [-0.4, -0.2) is 28.8 Å². The Bertz CT molecular complexity index is 533. The Morgan fingerprint density at radius 3 is 2.24 bits per heavy atom. The molecule has 2 amide bonds. The average molecular weight is 288 g/mol. The summed E-state index contributed by atoms with van der Waals surface area (Å²) in [6.07, 6.45) is 0. The number of carbonyl (C=O) groups excluding carboxylic acids is 2. The Balaban J connectivity index is 2.36. The number of hydrogen-bond acceptors (Lipinski definition) is 2. The fourth-order valence-corrected chi connectivity index (χ4v) is 2.61. The zero-order valence-electron chi connectivity index (χ0n) is 13.4. The van der Waals surface area contributed by atoms with Crippen LogP contribution < -0.4 is 5.32 Å². The lowest BCUT2D eigenvalue weighted by Gasteiger charge is -2.45. The van der Waals surface area contributed by atoms with Crippen LogP contribution in [0.25, 0.3) is 0 Å². The van der Waals surface area contributed by atoms with Gasteiger partial charge in [0.1, 0.15) is 12.1 Å². The van der Waals surface area contributed by atoms with E-state index in [1.165, 1.54) is 0 Å². The number of carbonyl (C=O) groups is 2. The molecule has 1 aromatic rings. The normalized spacial score (nSPS) is 24.7. The van der Waals surface area contributed by atoms with E-state index in [2.05, 4.69) is 26.1 Å². The molecule has 1 fully saturated rings. The minimum Gasteiger partial charge on any atom is -0.339 e. The summed E-state index contributed by atoms with van der Waals surface area (Å²) in [5, 5.41) is 2.84. The highest BCUT2D eigenvalue weighted by molar-refractivity contribution is 5.97. The fourth-order valence-electron chi connectivity index (χ4n) is 2.61. The molecule has 3 atom stereocenters. The van der Waals surface area contributed by atoms with E-state index in [1.54, 1.807) is 11.8 Å². The molecule has 0 aliphatic carbocycles. The van der Waals surface area contributed by atoms with Gasteiger partial charge in [0.25, 0.3) is 5.91 Å². The van der Waals surface area contributed by atoms with Gasteiger partial charge in [0.05, 0.1) is 0 Å². The molecule has 1 aromatic carbocycles. The first-order valence-electron chi connectivity index (χ1n) is 7.41. The maximum absolute atomic E-state index is 12.9. The molecule has 4 heteroatoms. The highest BCUT2D eigenvalue weighted by Gasteiger charge is 2.43. The second-order valence-electron chi connectivity index (χ2n) is 6.82. The number of rotatable bonds is 2. The van der Waals surface area contributed by atoms with E-state index in [-0.39, 0.29) is 23.3 Å². The monoisotopic (exact) mass is 288 g/mol. The standard InChI is InChI=1S/C17H24N2O2/c1-11-15(20)18-14(13-9-7-6-8-10-13)16(21)19(11)12(2)17(3,4)5/h6-12,14H,1-5H3,(H,18,20). The first-order valence-corrected chi connectivity index (χ1v) is 7.41. The second-order valence-corrected chi connectivity index (χ2v) is 6.82. The van der Waals surface area contributed by atoms with Crippen LogP contribution in [0.15, 0.2) is 30.3 Å². The van der Waals surface area contributed by atoms with Gasteiger partial charge in [0, 0.05) is 6.04 Å². The minimum absolute atomic E-state index is 0.0164. The van der Waals surface area contributed by atoms with E-state index in [1.807, 2.05) is 37.3 Å². The molecule has 2 rings (SSSR count). The van der Waals surface area contributed by atoms with Gasteiger partial charge in [-0.2, -0.15) is 0 Å². The van der Waals surface area contributed by atoms with Gasteiger partial charge < -0.3 is 10.2 Å². The number of hydrogen-bond donors (Lipinski definition) is 1. The quantitative estimate of drug-likeness (QED) is 0.909. The summed E-state index contributed by atoms with van der Waals surface area (Å²) in [6.45, 7) is 10.1. The third-order valence-corrected chi connectivity index (χ3v) is 4.39. The summed E-state index contributed by atoms with van der Waals surface area (Å²) >= 11 is 0. The van der Waals surface area contributed by atoms with Crippen molar-refractivity contribution < 1.29 is 9.59 Å². The second kappa shape index (κ2) is 5.51. The molecular weight excluding hydrogens is 264 g/mol. The highest BCUT2D eigenvalue weighted by atomic mass is 16.2. The SMILES string of the molecule is CC1C(=O)NC(c2ccccc2)C(=O)N1C(C)C(C)(C)C. The van der Waals surface area contributed by atoms with Crippen molar-refractivity contribution in [2.45, 2.75) is 52.7 Å². The van der Waals surface area contributed by atoms with Gasteiger partial charge in [-0.25, -0.2) is 0 Å². The lowest BCUT2D eigenvalue weighted by atomic mass is 9.84. The van der Waals surface area contributed by atoms with Crippen molar-refractivity contribution >= 4 is 11.8 Å². The molecule has 0 radical (unpaired) electrons. The number of nitrogens with one attached hydrogen (secondary N) is 1. The Morgan fingerprint density at radius 1 is 1.14 bits per heavy atom. The smallest absolute Gasteiger partial charge is 0.250 e. The zero-order valence-corrected chi connectivity index (χ0v) is 13.4. The first-order chi connectivity index (χ1) is 9.73. The summed E-state index contributed by atoms with van der Waals surface area (Å²) < 4.78 is 0. The average Bonchev–Trinajstić information content (AvgIpc) is 2.43. The van der Waals surface area contributed by atoms with Crippen molar-refractivity contribution in [3.63, 3.8) is 0 Å². The molecule has 0 spiro atoms. The molecule has 1 aliphatic rings. The Morgan fingerprint density at radius 2 is 1.71 bits per heavy atom. The predicted octanol–water partition coefficient (Wildman–Crippen LogP) is 2.51. The van der Waals surface area contributed by atoms with Crippen LogP contribution in [-0.2, 0) is 9.59 Å². The molecule has 0 bridgehead atoms. The highest BCUT2D eigenvalue weighted by Crippen LogP contribution is 2.31. The lowest BCUT2D eigenvalue weighted by molar-refractivity contribution is -0.153. The maximum Gasteiger partial charge on any atom is 0.250 e. The van der Waals surface area contributed by atoms with Gasteiger partial charge in [0.2, 0.25) is 5.91 Å². The van der Waals surface area contributed by atoms with Gasteiger partial charge in [-0.05, 0) is 24.8 Å². The third-order valence-electron chi connectivity index (χ3n) is 4.39. The van der Waals surface area contributed by atoms with Crippen molar-refractivity contribution in [3.8, 4) is 0 Å². The van der Waals surface area contributed by atoms with E-state index in [0.717, 1.165) is 5.56 Å². The predicted molar refractivity (Wildman–Crippen MR) is 82.6 cm³/mol. The van der Waals surface area contributed by atoms with Crippen LogP contribution in [0.5, 0.6) is 0 Å². The number of amides is 2. The molecule has 21 heavy (non-hydrogen) atoms. The molecule has 114 valence electrons.